The zero-order valence-corrected chi connectivity index (χ0v) is 8.85. The van der Waals surface area contributed by atoms with Gasteiger partial charge < -0.3 is 0 Å². The van der Waals surface area contributed by atoms with E-state index in [4.69, 9.17) is 0 Å². The second kappa shape index (κ2) is 4.27. The third-order valence-electron chi connectivity index (χ3n) is 2.30. The Bertz CT molecular complexity index is 308. The van der Waals surface area contributed by atoms with Crippen molar-refractivity contribution in [3.8, 4) is 0 Å². The summed E-state index contributed by atoms with van der Waals surface area (Å²) in [7, 11) is 0. The molecule has 0 bridgehead atoms. The van der Waals surface area contributed by atoms with Gasteiger partial charge in [0.2, 0.25) is 0 Å². The third-order valence-corrected chi connectivity index (χ3v) is 2.30. The van der Waals surface area contributed by atoms with Gasteiger partial charge in [-0.25, -0.2) is 0 Å². The van der Waals surface area contributed by atoms with Crippen molar-refractivity contribution in [2.45, 2.75) is 33.6 Å². The summed E-state index contributed by atoms with van der Waals surface area (Å²) >= 11 is 0. The highest BCUT2D eigenvalue weighted by molar-refractivity contribution is 5.32. The van der Waals surface area contributed by atoms with Crippen LogP contribution in [0.15, 0.2) is 30.4 Å². The first kappa shape index (κ1) is 10.0. The second-order valence-corrected chi connectivity index (χ2v) is 3.75. The van der Waals surface area contributed by atoms with E-state index in [0.29, 0.717) is 0 Å². The second-order valence-electron chi connectivity index (χ2n) is 3.75. The van der Waals surface area contributed by atoms with E-state index in [0.717, 1.165) is 12.8 Å². The van der Waals surface area contributed by atoms with Gasteiger partial charge in [-0.15, -0.1) is 0 Å². The Balaban J connectivity index is 2.92. The van der Waals surface area contributed by atoms with Gasteiger partial charge in [0.15, 0.2) is 0 Å². The zero-order valence-electron chi connectivity index (χ0n) is 8.85. The topological polar surface area (TPSA) is 0 Å². The smallest absolute Gasteiger partial charge is 0.00725 e. The molecule has 0 amide bonds. The number of benzene rings is 1. The van der Waals surface area contributed by atoms with Crippen molar-refractivity contribution in [2.24, 2.45) is 0 Å². The predicted octanol–water partition coefficient (Wildman–Crippen LogP) is 3.68. The third kappa shape index (κ3) is 2.73. The van der Waals surface area contributed by atoms with Gasteiger partial charge in [0.05, 0.1) is 0 Å². The van der Waals surface area contributed by atoms with E-state index in [1.807, 2.05) is 0 Å². The fraction of sp³-hybridized carbons (Fsp3) is 0.385. The van der Waals surface area contributed by atoms with Crippen LogP contribution in [0.3, 0.4) is 0 Å². The molecule has 0 saturated carbocycles. The van der Waals surface area contributed by atoms with E-state index in [1.165, 1.54) is 22.3 Å². The van der Waals surface area contributed by atoms with Gasteiger partial charge in [0.1, 0.15) is 0 Å². The lowest BCUT2D eigenvalue weighted by Gasteiger charge is -2.06. The maximum Gasteiger partial charge on any atom is -0.00725 e. The van der Waals surface area contributed by atoms with E-state index in [-0.39, 0.29) is 0 Å². The normalized spacial score (nSPS) is 10.1. The van der Waals surface area contributed by atoms with Crippen molar-refractivity contribution in [3.63, 3.8) is 0 Å². The van der Waals surface area contributed by atoms with E-state index in [9.17, 15) is 0 Å². The van der Waals surface area contributed by atoms with Crippen LogP contribution < -0.4 is 0 Å². The number of hydrogen-bond acceptors (Lipinski definition) is 0. The van der Waals surface area contributed by atoms with Crippen molar-refractivity contribution < 1.29 is 0 Å². The first-order chi connectivity index (χ1) is 6.13. The quantitative estimate of drug-likeness (QED) is 0.613. The van der Waals surface area contributed by atoms with E-state index in [2.05, 4.69) is 45.5 Å². The monoisotopic (exact) mass is 174 g/mol. The minimum atomic E-state index is 1.01. The zero-order chi connectivity index (χ0) is 9.84. The molecule has 0 aromatic heterocycles. The molecular weight excluding hydrogens is 156 g/mol. The van der Waals surface area contributed by atoms with Crippen molar-refractivity contribution in [2.75, 3.05) is 0 Å². The lowest BCUT2D eigenvalue weighted by molar-refractivity contribution is 1.07. The number of aryl methyl sites for hydroxylation is 2. The van der Waals surface area contributed by atoms with Crippen LogP contribution in [0, 0.1) is 6.92 Å². The van der Waals surface area contributed by atoms with Gasteiger partial charge in [0, 0.05) is 0 Å². The summed E-state index contributed by atoms with van der Waals surface area (Å²) in [5.74, 6) is 0. The lowest BCUT2D eigenvalue weighted by Crippen LogP contribution is -1.91. The van der Waals surface area contributed by atoms with Crippen LogP contribution in [0.25, 0.3) is 0 Å². The molecule has 0 nitrogen and oxygen atoms in total. The largest absolute Gasteiger partial charge is 0.0998 e. The van der Waals surface area contributed by atoms with Crippen molar-refractivity contribution in [1.82, 2.24) is 0 Å². The average Bonchev–Trinajstić information content (AvgIpc) is 2.07. The molecule has 1 rings (SSSR count). The Morgan fingerprint density at radius 1 is 1.38 bits per heavy atom. The fourth-order valence-electron chi connectivity index (χ4n) is 1.56. The summed E-state index contributed by atoms with van der Waals surface area (Å²) in [6, 6.07) is 6.70. The molecule has 70 valence electrons. The molecular formula is C13H18. The van der Waals surface area contributed by atoms with Gasteiger partial charge in [-0.05, 0) is 43.4 Å². The Morgan fingerprint density at radius 2 is 2.08 bits per heavy atom. The Hall–Kier alpha value is -1.04. The molecule has 0 aliphatic rings. The molecule has 0 unspecified atom stereocenters. The molecule has 0 N–H and O–H groups in total. The van der Waals surface area contributed by atoms with Gasteiger partial charge in [-0.3, -0.25) is 0 Å². The molecule has 0 aliphatic carbocycles. The molecule has 1 aromatic carbocycles. The van der Waals surface area contributed by atoms with Gasteiger partial charge in [-0.2, -0.15) is 0 Å². The van der Waals surface area contributed by atoms with Crippen LogP contribution in [0.5, 0.6) is 0 Å². The summed E-state index contributed by atoms with van der Waals surface area (Å²) in [6.07, 6.45) is 2.13. The van der Waals surface area contributed by atoms with Gasteiger partial charge in [-0.1, -0.05) is 37.3 Å². The average molecular weight is 174 g/mol. The Morgan fingerprint density at radius 3 is 2.62 bits per heavy atom. The summed E-state index contributed by atoms with van der Waals surface area (Å²) in [5.41, 5.74) is 5.47. The Labute approximate surface area is 81.3 Å². The number of hydrogen-bond donors (Lipinski definition) is 0. The Kier molecular flexibility index (Phi) is 3.30. The highest BCUT2D eigenvalue weighted by Crippen LogP contribution is 2.14. The molecule has 0 radical (unpaired) electrons. The molecule has 0 atom stereocenters. The standard InChI is InChI=1S/C13H18/c1-5-13-9-12(8-10(2)3)7-6-11(13)4/h6-7,9H,2,5,8H2,1,3-4H3. The number of allylic oxidation sites excluding steroid dienone is 1. The first-order valence-corrected chi connectivity index (χ1v) is 4.86. The maximum absolute atomic E-state index is 3.93. The van der Waals surface area contributed by atoms with Crippen LogP contribution in [0.4, 0.5) is 0 Å². The first-order valence-electron chi connectivity index (χ1n) is 4.86. The fourth-order valence-corrected chi connectivity index (χ4v) is 1.56. The predicted molar refractivity (Wildman–Crippen MR) is 59.1 cm³/mol. The molecule has 1 aromatic rings. The SMILES string of the molecule is C=C(C)Cc1ccc(C)c(CC)c1. The van der Waals surface area contributed by atoms with Crippen LogP contribution in [0.1, 0.15) is 30.5 Å². The molecule has 0 spiro atoms. The minimum Gasteiger partial charge on any atom is -0.0998 e. The van der Waals surface area contributed by atoms with Crippen molar-refractivity contribution >= 4 is 0 Å². The summed E-state index contributed by atoms with van der Waals surface area (Å²) in [4.78, 5) is 0. The van der Waals surface area contributed by atoms with Crippen LogP contribution in [-0.2, 0) is 12.8 Å². The van der Waals surface area contributed by atoms with E-state index >= 15 is 0 Å². The maximum atomic E-state index is 3.93. The summed E-state index contributed by atoms with van der Waals surface area (Å²) in [5, 5.41) is 0. The summed E-state index contributed by atoms with van der Waals surface area (Å²) < 4.78 is 0. The molecule has 13 heavy (non-hydrogen) atoms. The minimum absolute atomic E-state index is 1.01. The number of rotatable bonds is 3. The van der Waals surface area contributed by atoms with Crippen LogP contribution in [0.2, 0.25) is 0 Å². The van der Waals surface area contributed by atoms with Gasteiger partial charge >= 0.3 is 0 Å². The van der Waals surface area contributed by atoms with E-state index in [1.54, 1.807) is 0 Å². The lowest BCUT2D eigenvalue weighted by atomic mass is 10.00. The van der Waals surface area contributed by atoms with Gasteiger partial charge in [0.25, 0.3) is 0 Å². The molecule has 0 heterocycles. The van der Waals surface area contributed by atoms with Crippen LogP contribution in [-0.4, -0.2) is 0 Å². The van der Waals surface area contributed by atoms with E-state index < -0.39 is 0 Å². The molecule has 0 fully saturated rings. The molecule has 0 heteroatoms. The highest BCUT2D eigenvalue weighted by atomic mass is 14.0. The highest BCUT2D eigenvalue weighted by Gasteiger charge is 1.98. The van der Waals surface area contributed by atoms with Crippen molar-refractivity contribution in [1.29, 1.82) is 0 Å². The van der Waals surface area contributed by atoms with Crippen molar-refractivity contribution in [3.05, 3.63) is 47.0 Å². The molecule has 0 saturated heterocycles. The van der Waals surface area contributed by atoms with Crippen LogP contribution >= 0.6 is 0 Å². The summed E-state index contributed by atoms with van der Waals surface area (Å²) in [6.45, 7) is 10.4. The molecule has 0 aliphatic heterocycles.